The molecule has 0 bridgehead atoms. The predicted octanol–water partition coefficient (Wildman–Crippen LogP) is 3.45. The summed E-state index contributed by atoms with van der Waals surface area (Å²) in [5.74, 6) is -1.74. The van der Waals surface area contributed by atoms with E-state index in [0.29, 0.717) is 5.56 Å². The van der Waals surface area contributed by atoms with Crippen LogP contribution in [0.25, 0.3) is 0 Å². The maximum absolute atomic E-state index is 12.5. The molecule has 0 aliphatic heterocycles. The number of hydrogen-bond donors (Lipinski definition) is 2. The Labute approximate surface area is 165 Å². The van der Waals surface area contributed by atoms with Gasteiger partial charge in [-0.2, -0.15) is 13.2 Å². The Bertz CT molecular complexity index is 852. The highest BCUT2D eigenvalue weighted by molar-refractivity contribution is 5.92. The number of anilines is 1. The Hall–Kier alpha value is -3.36. The first-order valence-corrected chi connectivity index (χ1v) is 8.60. The van der Waals surface area contributed by atoms with E-state index in [2.05, 4.69) is 10.6 Å². The van der Waals surface area contributed by atoms with Gasteiger partial charge in [-0.15, -0.1) is 0 Å². The van der Waals surface area contributed by atoms with E-state index in [1.165, 1.54) is 6.92 Å². The number of ether oxygens (including phenoxy) is 1. The molecule has 0 spiro atoms. The summed E-state index contributed by atoms with van der Waals surface area (Å²) in [6, 6.07) is 12.0. The van der Waals surface area contributed by atoms with Crippen molar-refractivity contribution in [2.24, 2.45) is 0 Å². The summed E-state index contributed by atoms with van der Waals surface area (Å²) < 4.78 is 42.5. The number of halogens is 3. The number of rotatable bonds is 7. The molecule has 1 atom stereocenters. The molecule has 2 aromatic rings. The minimum atomic E-state index is -4.47. The standard InChI is InChI=1S/C20H19F3N2O4/c1-13(26)24-17(14-5-3-2-4-6-14)11-19(28)29-12-18(27)25-16-9-7-15(8-10-16)20(21,22)23/h2-10,17H,11-12H2,1H3,(H,24,26)(H,25,27)/t17-/m0/s1. The van der Waals surface area contributed by atoms with Gasteiger partial charge < -0.3 is 15.4 Å². The number of carbonyl (C=O) groups excluding carboxylic acids is 3. The fraction of sp³-hybridized carbons (Fsp3) is 0.250. The highest BCUT2D eigenvalue weighted by atomic mass is 19.4. The van der Waals surface area contributed by atoms with Crippen molar-refractivity contribution in [3.63, 3.8) is 0 Å². The van der Waals surface area contributed by atoms with E-state index in [0.717, 1.165) is 24.3 Å². The van der Waals surface area contributed by atoms with Crippen LogP contribution in [0, 0.1) is 0 Å². The fourth-order valence-corrected chi connectivity index (χ4v) is 2.49. The Kier molecular flexibility index (Phi) is 7.35. The first-order chi connectivity index (χ1) is 13.6. The second kappa shape index (κ2) is 9.72. The zero-order valence-corrected chi connectivity index (χ0v) is 15.5. The van der Waals surface area contributed by atoms with E-state index in [1.54, 1.807) is 30.3 Å². The number of benzene rings is 2. The van der Waals surface area contributed by atoms with Crippen LogP contribution in [-0.4, -0.2) is 24.4 Å². The molecule has 0 fully saturated rings. The summed E-state index contributed by atoms with van der Waals surface area (Å²) in [5.41, 5.74) is 0.000153. The SMILES string of the molecule is CC(=O)N[C@@H](CC(=O)OCC(=O)Nc1ccc(C(F)(F)F)cc1)c1ccccc1. The van der Waals surface area contributed by atoms with Crippen molar-refractivity contribution in [3.05, 3.63) is 65.7 Å². The quantitative estimate of drug-likeness (QED) is 0.688. The lowest BCUT2D eigenvalue weighted by molar-refractivity contribution is -0.148. The molecule has 9 heteroatoms. The Morgan fingerprint density at radius 2 is 1.62 bits per heavy atom. The van der Waals surface area contributed by atoms with E-state index in [9.17, 15) is 27.6 Å². The lowest BCUT2D eigenvalue weighted by Gasteiger charge is -2.17. The zero-order valence-electron chi connectivity index (χ0n) is 15.5. The Morgan fingerprint density at radius 3 is 2.17 bits per heavy atom. The molecule has 2 aromatic carbocycles. The van der Waals surface area contributed by atoms with Crippen LogP contribution >= 0.6 is 0 Å². The number of carbonyl (C=O) groups is 3. The first kappa shape index (κ1) is 21.9. The lowest BCUT2D eigenvalue weighted by Crippen LogP contribution is -2.29. The number of esters is 1. The van der Waals surface area contributed by atoms with Gasteiger partial charge in [0.15, 0.2) is 6.61 Å². The van der Waals surface area contributed by atoms with Gasteiger partial charge in [-0.05, 0) is 29.8 Å². The number of amides is 2. The molecule has 0 unspecified atom stereocenters. The van der Waals surface area contributed by atoms with Crippen LogP contribution in [-0.2, 0) is 25.3 Å². The summed E-state index contributed by atoms with van der Waals surface area (Å²) in [4.78, 5) is 35.3. The fourth-order valence-electron chi connectivity index (χ4n) is 2.49. The highest BCUT2D eigenvalue weighted by Crippen LogP contribution is 2.29. The zero-order chi connectivity index (χ0) is 21.4. The average Bonchev–Trinajstić information content (AvgIpc) is 2.66. The van der Waals surface area contributed by atoms with Crippen molar-refractivity contribution in [2.75, 3.05) is 11.9 Å². The van der Waals surface area contributed by atoms with Crippen LogP contribution in [0.4, 0.5) is 18.9 Å². The molecular formula is C20H19F3N2O4. The third kappa shape index (κ3) is 7.28. The molecule has 0 aliphatic rings. The number of nitrogens with one attached hydrogen (secondary N) is 2. The van der Waals surface area contributed by atoms with Crippen LogP contribution in [0.5, 0.6) is 0 Å². The van der Waals surface area contributed by atoms with Gasteiger partial charge in [-0.3, -0.25) is 14.4 Å². The van der Waals surface area contributed by atoms with Crippen molar-refractivity contribution < 1.29 is 32.3 Å². The molecule has 0 radical (unpaired) electrons. The largest absolute Gasteiger partial charge is 0.455 e. The smallest absolute Gasteiger partial charge is 0.416 e. The van der Waals surface area contributed by atoms with Gasteiger partial charge in [-0.25, -0.2) is 0 Å². The van der Waals surface area contributed by atoms with E-state index in [4.69, 9.17) is 4.74 Å². The van der Waals surface area contributed by atoms with Crippen molar-refractivity contribution >= 4 is 23.5 Å². The Morgan fingerprint density at radius 1 is 1.00 bits per heavy atom. The van der Waals surface area contributed by atoms with Crippen LogP contribution in [0.15, 0.2) is 54.6 Å². The van der Waals surface area contributed by atoms with Crippen LogP contribution in [0.1, 0.15) is 30.5 Å². The molecule has 0 aromatic heterocycles. The minimum absolute atomic E-state index is 0.138. The van der Waals surface area contributed by atoms with E-state index in [1.807, 2.05) is 0 Å². The monoisotopic (exact) mass is 408 g/mol. The third-order valence-electron chi connectivity index (χ3n) is 3.81. The van der Waals surface area contributed by atoms with Gasteiger partial charge in [0.05, 0.1) is 18.0 Å². The molecule has 2 amide bonds. The molecule has 0 heterocycles. The molecule has 6 nitrogen and oxygen atoms in total. The number of alkyl halides is 3. The highest BCUT2D eigenvalue weighted by Gasteiger charge is 2.30. The van der Waals surface area contributed by atoms with E-state index < -0.39 is 36.3 Å². The number of hydrogen-bond acceptors (Lipinski definition) is 4. The molecule has 0 saturated heterocycles. The summed E-state index contributed by atoms with van der Waals surface area (Å²) in [6.07, 6.45) is -4.65. The third-order valence-corrected chi connectivity index (χ3v) is 3.81. The van der Waals surface area contributed by atoms with Crippen LogP contribution in [0.2, 0.25) is 0 Å². The van der Waals surface area contributed by atoms with Crippen LogP contribution in [0.3, 0.4) is 0 Å². The van der Waals surface area contributed by atoms with E-state index >= 15 is 0 Å². The van der Waals surface area contributed by atoms with Gasteiger partial charge in [0.1, 0.15) is 0 Å². The molecular weight excluding hydrogens is 389 g/mol. The summed E-state index contributed by atoms with van der Waals surface area (Å²) in [5, 5.41) is 4.98. The van der Waals surface area contributed by atoms with Gasteiger partial charge in [0.2, 0.25) is 5.91 Å². The second-order valence-electron chi connectivity index (χ2n) is 6.15. The van der Waals surface area contributed by atoms with Crippen molar-refractivity contribution in [2.45, 2.75) is 25.6 Å². The molecule has 0 saturated carbocycles. The topological polar surface area (TPSA) is 84.5 Å². The van der Waals surface area contributed by atoms with Gasteiger partial charge in [0.25, 0.3) is 5.91 Å². The van der Waals surface area contributed by atoms with Crippen molar-refractivity contribution in [1.29, 1.82) is 0 Å². The maximum atomic E-state index is 12.5. The summed E-state index contributed by atoms with van der Waals surface area (Å²) in [7, 11) is 0. The van der Waals surface area contributed by atoms with Gasteiger partial charge in [0, 0.05) is 12.6 Å². The normalized spacial score (nSPS) is 12.0. The van der Waals surface area contributed by atoms with E-state index in [-0.39, 0.29) is 18.0 Å². The molecule has 2 rings (SSSR count). The van der Waals surface area contributed by atoms with Crippen LogP contribution < -0.4 is 10.6 Å². The van der Waals surface area contributed by atoms with Crippen molar-refractivity contribution in [1.82, 2.24) is 5.32 Å². The predicted molar refractivity (Wildman–Crippen MR) is 98.6 cm³/mol. The maximum Gasteiger partial charge on any atom is 0.416 e. The first-order valence-electron chi connectivity index (χ1n) is 8.60. The Balaban J connectivity index is 1.87. The molecule has 2 N–H and O–H groups in total. The molecule has 29 heavy (non-hydrogen) atoms. The lowest BCUT2D eigenvalue weighted by atomic mass is 10.0. The summed E-state index contributed by atoms with van der Waals surface area (Å²) >= 11 is 0. The van der Waals surface area contributed by atoms with Gasteiger partial charge in [-0.1, -0.05) is 30.3 Å². The summed E-state index contributed by atoms with van der Waals surface area (Å²) in [6.45, 7) is 0.709. The second-order valence-corrected chi connectivity index (χ2v) is 6.15. The minimum Gasteiger partial charge on any atom is -0.455 e. The van der Waals surface area contributed by atoms with Gasteiger partial charge >= 0.3 is 12.1 Å². The average molecular weight is 408 g/mol. The molecule has 0 aliphatic carbocycles. The van der Waals surface area contributed by atoms with Crippen molar-refractivity contribution in [3.8, 4) is 0 Å². The molecule has 154 valence electrons.